The number of halogens is 2. The molecule has 3 aromatic rings. The second-order valence-corrected chi connectivity index (χ2v) is 7.87. The number of benzene rings is 2. The van der Waals surface area contributed by atoms with Crippen LogP contribution in [0.2, 0.25) is 0 Å². The van der Waals surface area contributed by atoms with Gasteiger partial charge in [0, 0.05) is 19.0 Å². The Bertz CT molecular complexity index is 1090. The van der Waals surface area contributed by atoms with E-state index in [1.54, 1.807) is 14.2 Å². The summed E-state index contributed by atoms with van der Waals surface area (Å²) in [5.41, 5.74) is 2.77. The van der Waals surface area contributed by atoms with Crippen molar-refractivity contribution >= 4 is 36.5 Å². The molecule has 11 heteroatoms. The van der Waals surface area contributed by atoms with Crippen molar-refractivity contribution in [3.05, 3.63) is 53.7 Å². The molecule has 198 valence electrons. The summed E-state index contributed by atoms with van der Waals surface area (Å²) in [5, 5.41) is 16.2. The van der Waals surface area contributed by atoms with E-state index < -0.39 is 6.10 Å². The number of carbonyl (C=O) groups is 1. The van der Waals surface area contributed by atoms with Crippen LogP contribution >= 0.6 is 24.8 Å². The molecular formula is C25H34Cl2N4O5. The first-order chi connectivity index (χ1) is 16.4. The van der Waals surface area contributed by atoms with E-state index in [0.717, 1.165) is 23.2 Å². The van der Waals surface area contributed by atoms with Gasteiger partial charge in [-0.15, -0.1) is 24.8 Å². The molecule has 4 N–H and O–H groups in total. The van der Waals surface area contributed by atoms with Crippen LogP contribution in [0.15, 0.2) is 42.5 Å². The Morgan fingerprint density at radius 3 is 2.42 bits per heavy atom. The molecule has 0 aliphatic heterocycles. The minimum Gasteiger partial charge on any atom is -0.493 e. The fraction of sp³-hybridized carbons (Fsp3) is 0.360. The number of anilines is 1. The molecule has 0 unspecified atom stereocenters. The molecule has 1 aromatic heterocycles. The number of nitrogens with one attached hydrogen (secondary N) is 3. The van der Waals surface area contributed by atoms with Crippen molar-refractivity contribution < 1.29 is 24.1 Å². The number of methoxy groups -OCH3 is 2. The van der Waals surface area contributed by atoms with Gasteiger partial charge >= 0.3 is 0 Å². The zero-order chi connectivity index (χ0) is 24.5. The van der Waals surface area contributed by atoms with E-state index in [4.69, 9.17) is 14.2 Å². The predicted molar refractivity (Wildman–Crippen MR) is 145 cm³/mol. The first kappa shape index (κ1) is 31.1. The number of nitrogens with zero attached hydrogens (tertiary/aromatic N) is 1. The van der Waals surface area contributed by atoms with Crippen molar-refractivity contribution in [1.29, 1.82) is 0 Å². The van der Waals surface area contributed by atoms with E-state index in [1.165, 1.54) is 6.92 Å². The molecule has 0 aliphatic carbocycles. The molecule has 0 saturated heterocycles. The van der Waals surface area contributed by atoms with Gasteiger partial charge in [0.2, 0.25) is 5.91 Å². The van der Waals surface area contributed by atoms with Gasteiger partial charge in [-0.1, -0.05) is 6.07 Å². The fourth-order valence-electron chi connectivity index (χ4n) is 3.38. The maximum absolute atomic E-state index is 11.3. The lowest BCUT2D eigenvalue weighted by atomic mass is 10.1. The van der Waals surface area contributed by atoms with Crippen LogP contribution in [0.1, 0.15) is 18.2 Å². The maximum Gasteiger partial charge on any atom is 0.222 e. The van der Waals surface area contributed by atoms with Crippen LogP contribution in [0.25, 0.3) is 11.4 Å². The van der Waals surface area contributed by atoms with Gasteiger partial charge in [0.05, 0.1) is 19.9 Å². The van der Waals surface area contributed by atoms with Gasteiger partial charge in [0.1, 0.15) is 24.3 Å². The SMILES string of the molecule is COc1ccc(CCNC[C@H](O)COc2ccc(-c3nc(NC(C)=O)c(C)[nH]3)cc2)cc1OC.Cl.Cl. The minimum absolute atomic E-state index is 0. The van der Waals surface area contributed by atoms with Crippen molar-refractivity contribution in [2.45, 2.75) is 26.4 Å². The molecule has 9 nitrogen and oxygen atoms in total. The van der Waals surface area contributed by atoms with Crippen LogP contribution in [0, 0.1) is 6.92 Å². The van der Waals surface area contributed by atoms with Gasteiger partial charge in [-0.3, -0.25) is 4.79 Å². The Labute approximate surface area is 223 Å². The monoisotopic (exact) mass is 540 g/mol. The highest BCUT2D eigenvalue weighted by Crippen LogP contribution is 2.27. The van der Waals surface area contributed by atoms with Crippen molar-refractivity contribution in [3.63, 3.8) is 0 Å². The Morgan fingerprint density at radius 1 is 1.08 bits per heavy atom. The molecule has 3 rings (SSSR count). The molecule has 0 radical (unpaired) electrons. The Kier molecular flexibility index (Phi) is 13.1. The van der Waals surface area contributed by atoms with E-state index in [-0.39, 0.29) is 37.3 Å². The van der Waals surface area contributed by atoms with Crippen LogP contribution in [0.3, 0.4) is 0 Å². The number of rotatable bonds is 12. The Balaban J connectivity index is 0.00000324. The molecule has 0 fully saturated rings. The average molecular weight is 541 g/mol. The smallest absolute Gasteiger partial charge is 0.222 e. The van der Waals surface area contributed by atoms with Crippen molar-refractivity contribution in [2.24, 2.45) is 0 Å². The van der Waals surface area contributed by atoms with Gasteiger partial charge in [-0.25, -0.2) is 4.98 Å². The predicted octanol–water partition coefficient (Wildman–Crippen LogP) is 3.78. The zero-order valence-electron chi connectivity index (χ0n) is 20.8. The Hall–Kier alpha value is -2.98. The zero-order valence-corrected chi connectivity index (χ0v) is 22.4. The summed E-state index contributed by atoms with van der Waals surface area (Å²) >= 11 is 0. The van der Waals surface area contributed by atoms with Crippen LogP contribution in [-0.4, -0.2) is 61.0 Å². The van der Waals surface area contributed by atoms with E-state index >= 15 is 0 Å². The lowest BCUT2D eigenvalue weighted by Gasteiger charge is -2.14. The maximum atomic E-state index is 11.3. The summed E-state index contributed by atoms with van der Waals surface area (Å²) in [4.78, 5) is 18.8. The molecule has 1 heterocycles. The second-order valence-electron chi connectivity index (χ2n) is 7.87. The number of aryl methyl sites for hydroxylation is 1. The van der Waals surface area contributed by atoms with E-state index in [1.807, 2.05) is 49.4 Å². The number of carbonyl (C=O) groups excluding carboxylic acids is 1. The first-order valence-electron chi connectivity index (χ1n) is 11.1. The highest BCUT2D eigenvalue weighted by atomic mass is 35.5. The summed E-state index contributed by atoms with van der Waals surface area (Å²) in [6, 6.07) is 13.2. The minimum atomic E-state index is -0.641. The summed E-state index contributed by atoms with van der Waals surface area (Å²) in [6.07, 6.45) is 0.156. The molecule has 1 atom stereocenters. The van der Waals surface area contributed by atoms with Gasteiger partial charge in [-0.05, 0) is 61.9 Å². The first-order valence-corrected chi connectivity index (χ1v) is 11.1. The standard InChI is InChI=1S/C25H32N4O5.2ClH/c1-16-24(28-17(2)30)29-25(27-16)19-6-8-21(9-7-19)34-15-20(31)14-26-12-11-18-5-10-22(32-3)23(13-18)33-4;;/h5-10,13,20,26,31H,11-12,14-15H2,1-4H3,(H,27,29)(H,28,30);2*1H/t20-;;/m0../s1. The molecule has 0 spiro atoms. The third-order valence-corrected chi connectivity index (χ3v) is 5.17. The van der Waals surface area contributed by atoms with Crippen LogP contribution in [0.4, 0.5) is 5.82 Å². The normalized spacial score (nSPS) is 11.0. The van der Waals surface area contributed by atoms with Crippen molar-refractivity contribution in [2.75, 3.05) is 39.2 Å². The molecule has 0 saturated carbocycles. The number of ether oxygens (including phenoxy) is 3. The van der Waals surface area contributed by atoms with Gasteiger partial charge in [-0.2, -0.15) is 0 Å². The number of aromatic nitrogens is 2. The molecule has 36 heavy (non-hydrogen) atoms. The summed E-state index contributed by atoms with van der Waals surface area (Å²) in [5.74, 6) is 3.07. The lowest BCUT2D eigenvalue weighted by Crippen LogP contribution is -2.32. The topological polar surface area (TPSA) is 118 Å². The number of H-pyrrole nitrogens is 1. The number of hydrogen-bond donors (Lipinski definition) is 4. The highest BCUT2D eigenvalue weighted by Gasteiger charge is 2.11. The van der Waals surface area contributed by atoms with E-state index in [9.17, 15) is 9.90 Å². The molecule has 2 aromatic carbocycles. The highest BCUT2D eigenvalue weighted by molar-refractivity contribution is 5.88. The quantitative estimate of drug-likeness (QED) is 0.258. The number of aliphatic hydroxyl groups excluding tert-OH is 1. The molecule has 1 amide bonds. The van der Waals surface area contributed by atoms with Crippen molar-refractivity contribution in [1.82, 2.24) is 15.3 Å². The van der Waals surface area contributed by atoms with Crippen molar-refractivity contribution in [3.8, 4) is 28.6 Å². The summed E-state index contributed by atoms with van der Waals surface area (Å²) in [6.45, 7) is 4.60. The van der Waals surface area contributed by atoms with Crippen LogP contribution in [-0.2, 0) is 11.2 Å². The van der Waals surface area contributed by atoms with Gasteiger partial charge < -0.3 is 34.9 Å². The molecule has 0 bridgehead atoms. The second kappa shape index (κ2) is 15.2. The fourth-order valence-corrected chi connectivity index (χ4v) is 3.38. The number of aromatic amines is 1. The van der Waals surface area contributed by atoms with Crippen LogP contribution < -0.4 is 24.8 Å². The number of imidazole rings is 1. The average Bonchev–Trinajstić information content (AvgIpc) is 3.20. The van der Waals surface area contributed by atoms with Crippen LogP contribution in [0.5, 0.6) is 17.2 Å². The third kappa shape index (κ3) is 8.91. The molecular weight excluding hydrogens is 507 g/mol. The van der Waals surface area contributed by atoms with Gasteiger partial charge in [0.15, 0.2) is 17.3 Å². The summed E-state index contributed by atoms with van der Waals surface area (Å²) < 4.78 is 16.3. The van der Waals surface area contributed by atoms with Gasteiger partial charge in [0.25, 0.3) is 0 Å². The number of amides is 1. The summed E-state index contributed by atoms with van der Waals surface area (Å²) in [7, 11) is 3.23. The third-order valence-electron chi connectivity index (χ3n) is 5.17. The Morgan fingerprint density at radius 2 is 1.78 bits per heavy atom. The van der Waals surface area contributed by atoms with E-state index in [2.05, 4.69) is 20.6 Å². The number of hydrogen-bond acceptors (Lipinski definition) is 7. The number of aliphatic hydroxyl groups is 1. The van der Waals surface area contributed by atoms with E-state index in [0.29, 0.717) is 42.0 Å². The lowest BCUT2D eigenvalue weighted by molar-refractivity contribution is -0.114. The molecule has 0 aliphatic rings. The largest absolute Gasteiger partial charge is 0.493 e.